The summed E-state index contributed by atoms with van der Waals surface area (Å²) < 4.78 is 23.9. The largest absolute Gasteiger partial charge is 0.497 e. The first kappa shape index (κ1) is 14.8. The molecular weight excluding hydrogens is 273 g/mol. The van der Waals surface area contributed by atoms with Crippen LogP contribution in [0.5, 0.6) is 11.5 Å². The molecule has 0 aliphatic rings. The number of nitrogens with one attached hydrogen (secondary N) is 1. The Morgan fingerprint density at radius 2 is 2.05 bits per heavy atom. The van der Waals surface area contributed by atoms with Gasteiger partial charge in [-0.1, -0.05) is 6.07 Å². The van der Waals surface area contributed by atoms with Gasteiger partial charge in [0.1, 0.15) is 5.75 Å². The fourth-order valence-electron chi connectivity index (χ4n) is 1.82. The monoisotopic (exact) mass is 289 g/mol. The first-order valence-electron chi connectivity index (χ1n) is 6.51. The molecule has 21 heavy (non-hydrogen) atoms. The zero-order chi connectivity index (χ0) is 15.2. The van der Waals surface area contributed by atoms with Crippen LogP contribution in [0.25, 0.3) is 0 Å². The lowest BCUT2D eigenvalue weighted by Crippen LogP contribution is -2.12. The van der Waals surface area contributed by atoms with Crippen molar-refractivity contribution in [1.82, 2.24) is 0 Å². The molecule has 1 amide bonds. The van der Waals surface area contributed by atoms with Gasteiger partial charge < -0.3 is 14.8 Å². The minimum Gasteiger partial charge on any atom is -0.497 e. The Morgan fingerprint density at radius 3 is 2.71 bits per heavy atom. The molecule has 110 valence electrons. The lowest BCUT2D eigenvalue weighted by Gasteiger charge is -2.09. The molecule has 2 aromatic carbocycles. The molecule has 0 aliphatic carbocycles. The standard InChI is InChI=1S/C16H16FNO3/c1-3-21-15-8-7-11(9-14(15)17)16(19)18-12-5-4-6-13(10-12)20-2/h4-10H,3H2,1-2H3,(H,18,19). The van der Waals surface area contributed by atoms with Gasteiger partial charge in [0.25, 0.3) is 5.91 Å². The van der Waals surface area contributed by atoms with Crippen LogP contribution in [-0.2, 0) is 0 Å². The van der Waals surface area contributed by atoms with E-state index in [4.69, 9.17) is 9.47 Å². The van der Waals surface area contributed by atoms with Crippen LogP contribution < -0.4 is 14.8 Å². The number of carbonyl (C=O) groups excluding carboxylic acids is 1. The predicted molar refractivity (Wildman–Crippen MR) is 78.5 cm³/mol. The van der Waals surface area contributed by atoms with Crippen LogP contribution in [0.2, 0.25) is 0 Å². The second-order valence-corrected chi connectivity index (χ2v) is 4.26. The van der Waals surface area contributed by atoms with Gasteiger partial charge in [0.2, 0.25) is 0 Å². The molecule has 0 bridgehead atoms. The van der Waals surface area contributed by atoms with Crippen LogP contribution in [-0.4, -0.2) is 19.6 Å². The molecule has 1 N–H and O–H groups in total. The topological polar surface area (TPSA) is 47.6 Å². The molecule has 0 saturated heterocycles. The van der Waals surface area contributed by atoms with E-state index in [9.17, 15) is 9.18 Å². The molecule has 0 aromatic heterocycles. The number of ether oxygens (including phenoxy) is 2. The minimum atomic E-state index is -0.560. The highest BCUT2D eigenvalue weighted by molar-refractivity contribution is 6.04. The second kappa shape index (κ2) is 6.74. The van der Waals surface area contributed by atoms with Gasteiger partial charge in [0, 0.05) is 17.3 Å². The third-order valence-electron chi connectivity index (χ3n) is 2.82. The quantitative estimate of drug-likeness (QED) is 0.916. The molecule has 0 heterocycles. The highest BCUT2D eigenvalue weighted by atomic mass is 19.1. The smallest absolute Gasteiger partial charge is 0.255 e. The van der Waals surface area contributed by atoms with E-state index in [0.29, 0.717) is 18.0 Å². The van der Waals surface area contributed by atoms with Gasteiger partial charge in [0.15, 0.2) is 11.6 Å². The number of halogens is 1. The summed E-state index contributed by atoms with van der Waals surface area (Å²) >= 11 is 0. The average molecular weight is 289 g/mol. The summed E-state index contributed by atoms with van der Waals surface area (Å²) in [6.45, 7) is 2.13. The van der Waals surface area contributed by atoms with E-state index in [1.54, 1.807) is 38.3 Å². The third kappa shape index (κ3) is 3.72. The van der Waals surface area contributed by atoms with Crippen molar-refractivity contribution in [3.8, 4) is 11.5 Å². The number of benzene rings is 2. The minimum absolute atomic E-state index is 0.135. The third-order valence-corrected chi connectivity index (χ3v) is 2.82. The van der Waals surface area contributed by atoms with E-state index < -0.39 is 11.7 Å². The SMILES string of the molecule is CCOc1ccc(C(=O)Nc2cccc(OC)c2)cc1F. The molecule has 0 saturated carbocycles. The van der Waals surface area contributed by atoms with Crippen molar-refractivity contribution >= 4 is 11.6 Å². The number of carbonyl (C=O) groups is 1. The highest BCUT2D eigenvalue weighted by Crippen LogP contribution is 2.20. The van der Waals surface area contributed by atoms with Crippen molar-refractivity contribution in [3.05, 3.63) is 53.8 Å². The summed E-state index contributed by atoms with van der Waals surface area (Å²) in [4.78, 5) is 12.1. The lowest BCUT2D eigenvalue weighted by molar-refractivity contribution is 0.102. The Balaban J connectivity index is 2.14. The fourth-order valence-corrected chi connectivity index (χ4v) is 1.82. The van der Waals surface area contributed by atoms with Crippen LogP contribution in [0.4, 0.5) is 10.1 Å². The number of hydrogen-bond donors (Lipinski definition) is 1. The second-order valence-electron chi connectivity index (χ2n) is 4.26. The van der Waals surface area contributed by atoms with Gasteiger partial charge in [-0.15, -0.1) is 0 Å². The van der Waals surface area contributed by atoms with Gasteiger partial charge in [-0.25, -0.2) is 4.39 Å². The molecule has 0 unspecified atom stereocenters. The van der Waals surface area contributed by atoms with Crippen molar-refractivity contribution in [3.63, 3.8) is 0 Å². The van der Waals surface area contributed by atoms with E-state index >= 15 is 0 Å². The number of hydrogen-bond acceptors (Lipinski definition) is 3. The molecule has 0 atom stereocenters. The normalized spacial score (nSPS) is 10.0. The first-order valence-corrected chi connectivity index (χ1v) is 6.51. The van der Waals surface area contributed by atoms with Crippen LogP contribution in [0.3, 0.4) is 0 Å². The summed E-state index contributed by atoms with van der Waals surface area (Å²) in [5.74, 6) is -0.193. The van der Waals surface area contributed by atoms with Crippen molar-refractivity contribution in [2.24, 2.45) is 0 Å². The summed E-state index contributed by atoms with van der Waals surface area (Å²) in [5, 5.41) is 2.69. The zero-order valence-electron chi connectivity index (χ0n) is 11.9. The van der Waals surface area contributed by atoms with Crippen molar-refractivity contribution in [2.45, 2.75) is 6.92 Å². The number of anilines is 1. The predicted octanol–water partition coefficient (Wildman–Crippen LogP) is 3.49. The zero-order valence-corrected chi connectivity index (χ0v) is 11.9. The van der Waals surface area contributed by atoms with Crippen LogP contribution >= 0.6 is 0 Å². The highest BCUT2D eigenvalue weighted by Gasteiger charge is 2.11. The summed E-state index contributed by atoms with van der Waals surface area (Å²) in [6.07, 6.45) is 0. The molecule has 0 fully saturated rings. The Hall–Kier alpha value is -2.56. The van der Waals surface area contributed by atoms with E-state index in [1.165, 1.54) is 12.1 Å². The van der Waals surface area contributed by atoms with Gasteiger partial charge in [0.05, 0.1) is 13.7 Å². The van der Waals surface area contributed by atoms with Gasteiger partial charge in [-0.05, 0) is 37.3 Å². The lowest BCUT2D eigenvalue weighted by atomic mass is 10.2. The van der Waals surface area contributed by atoms with E-state index in [-0.39, 0.29) is 11.3 Å². The van der Waals surface area contributed by atoms with Crippen molar-refractivity contribution in [1.29, 1.82) is 0 Å². The fraction of sp³-hybridized carbons (Fsp3) is 0.188. The average Bonchev–Trinajstić information content (AvgIpc) is 2.49. The van der Waals surface area contributed by atoms with Crippen LogP contribution in [0.1, 0.15) is 17.3 Å². The molecule has 2 aromatic rings. The van der Waals surface area contributed by atoms with Gasteiger partial charge in [-0.3, -0.25) is 4.79 Å². The molecule has 0 radical (unpaired) electrons. The maximum Gasteiger partial charge on any atom is 0.255 e. The molecular formula is C16H16FNO3. The van der Waals surface area contributed by atoms with Crippen LogP contribution in [0.15, 0.2) is 42.5 Å². The molecule has 5 heteroatoms. The Kier molecular flexibility index (Phi) is 4.77. The van der Waals surface area contributed by atoms with Crippen molar-refractivity contribution in [2.75, 3.05) is 19.0 Å². The summed E-state index contributed by atoms with van der Waals surface area (Å²) in [7, 11) is 1.54. The molecule has 4 nitrogen and oxygen atoms in total. The Labute approximate surface area is 122 Å². The number of methoxy groups -OCH3 is 1. The molecule has 0 spiro atoms. The van der Waals surface area contributed by atoms with E-state index in [2.05, 4.69) is 5.32 Å². The van der Waals surface area contributed by atoms with Gasteiger partial charge >= 0.3 is 0 Å². The molecule has 2 rings (SSSR count). The van der Waals surface area contributed by atoms with Gasteiger partial charge in [-0.2, -0.15) is 0 Å². The van der Waals surface area contributed by atoms with Crippen LogP contribution in [0, 0.1) is 5.82 Å². The number of amides is 1. The van der Waals surface area contributed by atoms with E-state index in [0.717, 1.165) is 6.07 Å². The maximum absolute atomic E-state index is 13.7. The summed E-state index contributed by atoms with van der Waals surface area (Å²) in [6, 6.07) is 11.1. The maximum atomic E-state index is 13.7. The molecule has 0 aliphatic heterocycles. The first-order chi connectivity index (χ1) is 10.1. The van der Waals surface area contributed by atoms with E-state index in [1.807, 2.05) is 0 Å². The Morgan fingerprint density at radius 1 is 1.24 bits per heavy atom. The number of rotatable bonds is 5. The summed E-state index contributed by atoms with van der Waals surface area (Å²) in [5.41, 5.74) is 0.799. The van der Waals surface area contributed by atoms with Crippen molar-refractivity contribution < 1.29 is 18.7 Å². The Bertz CT molecular complexity index is 643.